The molecule has 0 spiro atoms. The van der Waals surface area contributed by atoms with Gasteiger partial charge in [0.25, 0.3) is 0 Å². The Morgan fingerprint density at radius 3 is 2.43 bits per heavy atom. The molecule has 1 aromatic heterocycles. The third-order valence-corrected chi connectivity index (χ3v) is 4.95. The lowest BCUT2D eigenvalue weighted by molar-refractivity contribution is 0.198. The van der Waals surface area contributed by atoms with E-state index in [9.17, 15) is 4.79 Å². The van der Waals surface area contributed by atoms with Crippen molar-refractivity contribution in [2.24, 2.45) is 0 Å². The molecule has 0 aliphatic rings. The zero-order valence-corrected chi connectivity index (χ0v) is 16.7. The summed E-state index contributed by atoms with van der Waals surface area (Å²) in [7, 11) is 0. The van der Waals surface area contributed by atoms with Gasteiger partial charge in [-0.25, -0.2) is 4.79 Å². The second-order valence-corrected chi connectivity index (χ2v) is 6.67. The van der Waals surface area contributed by atoms with Crippen LogP contribution in [-0.4, -0.2) is 42.2 Å². The minimum atomic E-state index is -0.456. The van der Waals surface area contributed by atoms with Gasteiger partial charge in [-0.05, 0) is 25.6 Å². The number of ether oxygens (including phenoxy) is 1. The van der Waals surface area contributed by atoms with E-state index in [4.69, 9.17) is 4.74 Å². The first-order valence-corrected chi connectivity index (χ1v) is 9.75. The van der Waals surface area contributed by atoms with E-state index >= 15 is 0 Å². The average Bonchev–Trinajstić information content (AvgIpc) is 2.72. The highest BCUT2D eigenvalue weighted by Crippen LogP contribution is 2.33. The molecule has 0 radical (unpaired) electrons. The zero-order chi connectivity index (χ0) is 19.9. The SMILES string of the molecule is CCN(CC)CCNC(=O)Oc1cnc(-c2ccccc2C)c2ccccc12. The normalized spacial score (nSPS) is 11.0. The van der Waals surface area contributed by atoms with Crippen LogP contribution in [0.15, 0.2) is 54.7 Å². The fourth-order valence-corrected chi connectivity index (χ4v) is 3.29. The first-order valence-electron chi connectivity index (χ1n) is 9.75. The molecule has 0 fully saturated rings. The summed E-state index contributed by atoms with van der Waals surface area (Å²) in [6, 6.07) is 16.0. The molecule has 0 aliphatic heterocycles. The van der Waals surface area contributed by atoms with Crippen molar-refractivity contribution in [3.05, 3.63) is 60.3 Å². The summed E-state index contributed by atoms with van der Waals surface area (Å²) < 4.78 is 5.57. The van der Waals surface area contributed by atoms with Gasteiger partial charge in [0.2, 0.25) is 0 Å². The van der Waals surface area contributed by atoms with E-state index in [1.807, 2.05) is 36.4 Å². The van der Waals surface area contributed by atoms with E-state index in [0.717, 1.165) is 47.2 Å². The molecule has 3 aromatic rings. The number of benzene rings is 2. The molecule has 5 nitrogen and oxygen atoms in total. The van der Waals surface area contributed by atoms with Crippen LogP contribution in [0.25, 0.3) is 22.0 Å². The van der Waals surface area contributed by atoms with Crippen molar-refractivity contribution in [3.8, 4) is 17.0 Å². The van der Waals surface area contributed by atoms with E-state index < -0.39 is 6.09 Å². The minimum Gasteiger partial charge on any atom is -0.408 e. The number of hydrogen-bond donors (Lipinski definition) is 1. The molecule has 0 aliphatic carbocycles. The van der Waals surface area contributed by atoms with E-state index in [1.54, 1.807) is 6.20 Å². The Hall–Kier alpha value is -2.92. The molecule has 28 heavy (non-hydrogen) atoms. The van der Waals surface area contributed by atoms with Crippen molar-refractivity contribution in [2.45, 2.75) is 20.8 Å². The van der Waals surface area contributed by atoms with E-state index in [-0.39, 0.29) is 0 Å². The van der Waals surface area contributed by atoms with Gasteiger partial charge in [-0.3, -0.25) is 4.98 Å². The molecular weight excluding hydrogens is 350 g/mol. The Labute approximate surface area is 166 Å². The van der Waals surface area contributed by atoms with Gasteiger partial charge in [0, 0.05) is 29.4 Å². The maximum absolute atomic E-state index is 12.2. The Morgan fingerprint density at radius 1 is 1.04 bits per heavy atom. The molecule has 0 atom stereocenters. The number of pyridine rings is 1. The van der Waals surface area contributed by atoms with E-state index in [1.165, 1.54) is 0 Å². The number of carbonyl (C=O) groups is 1. The Bertz CT molecular complexity index is 951. The smallest absolute Gasteiger partial charge is 0.408 e. The first-order chi connectivity index (χ1) is 13.6. The summed E-state index contributed by atoms with van der Waals surface area (Å²) in [5.41, 5.74) is 3.12. The van der Waals surface area contributed by atoms with Gasteiger partial charge < -0.3 is 15.0 Å². The van der Waals surface area contributed by atoms with Crippen LogP contribution in [0.5, 0.6) is 5.75 Å². The van der Waals surface area contributed by atoms with Crippen LogP contribution >= 0.6 is 0 Å². The summed E-state index contributed by atoms with van der Waals surface area (Å²) in [6.45, 7) is 9.55. The van der Waals surface area contributed by atoms with Crippen molar-refractivity contribution < 1.29 is 9.53 Å². The summed E-state index contributed by atoms with van der Waals surface area (Å²) in [4.78, 5) is 19.1. The molecule has 3 rings (SSSR count). The number of nitrogens with zero attached hydrogens (tertiary/aromatic N) is 2. The van der Waals surface area contributed by atoms with E-state index in [2.05, 4.69) is 48.1 Å². The highest BCUT2D eigenvalue weighted by molar-refractivity contribution is 5.99. The highest BCUT2D eigenvalue weighted by atomic mass is 16.6. The molecule has 5 heteroatoms. The van der Waals surface area contributed by atoms with Crippen LogP contribution in [0.4, 0.5) is 4.79 Å². The number of amides is 1. The molecule has 0 unspecified atom stereocenters. The molecule has 146 valence electrons. The zero-order valence-electron chi connectivity index (χ0n) is 16.7. The first kappa shape index (κ1) is 19.8. The van der Waals surface area contributed by atoms with E-state index in [0.29, 0.717) is 12.3 Å². The Kier molecular flexibility index (Phi) is 6.61. The van der Waals surface area contributed by atoms with Crippen molar-refractivity contribution >= 4 is 16.9 Å². The summed E-state index contributed by atoms with van der Waals surface area (Å²) in [6.07, 6.45) is 1.18. The fourth-order valence-electron chi connectivity index (χ4n) is 3.29. The van der Waals surface area contributed by atoms with Crippen molar-refractivity contribution in [1.82, 2.24) is 15.2 Å². The molecule has 1 N–H and O–H groups in total. The van der Waals surface area contributed by atoms with Crippen LogP contribution in [0.1, 0.15) is 19.4 Å². The van der Waals surface area contributed by atoms with Crippen LogP contribution in [0.2, 0.25) is 0 Å². The van der Waals surface area contributed by atoms with Crippen LogP contribution < -0.4 is 10.1 Å². The predicted molar refractivity (Wildman–Crippen MR) is 114 cm³/mol. The van der Waals surface area contributed by atoms with Crippen LogP contribution in [0, 0.1) is 6.92 Å². The lowest BCUT2D eigenvalue weighted by atomic mass is 10.00. The number of rotatable bonds is 7. The number of carbonyl (C=O) groups excluding carboxylic acids is 1. The predicted octanol–water partition coefficient (Wildman–Crippen LogP) is 4.64. The van der Waals surface area contributed by atoms with Gasteiger partial charge in [-0.2, -0.15) is 0 Å². The molecule has 1 heterocycles. The molecule has 0 saturated heterocycles. The largest absolute Gasteiger partial charge is 0.412 e. The lowest BCUT2D eigenvalue weighted by Crippen LogP contribution is -2.36. The maximum Gasteiger partial charge on any atom is 0.412 e. The van der Waals surface area contributed by atoms with Crippen LogP contribution in [0.3, 0.4) is 0 Å². The van der Waals surface area contributed by atoms with Crippen molar-refractivity contribution in [1.29, 1.82) is 0 Å². The number of hydrogen-bond acceptors (Lipinski definition) is 4. The van der Waals surface area contributed by atoms with Gasteiger partial charge in [-0.1, -0.05) is 62.4 Å². The molecular formula is C23H27N3O2. The Morgan fingerprint density at radius 2 is 1.71 bits per heavy atom. The maximum atomic E-state index is 12.2. The molecule has 1 amide bonds. The summed E-state index contributed by atoms with van der Waals surface area (Å²) in [5.74, 6) is 0.466. The average molecular weight is 377 g/mol. The van der Waals surface area contributed by atoms with Gasteiger partial charge in [-0.15, -0.1) is 0 Å². The van der Waals surface area contributed by atoms with Crippen molar-refractivity contribution in [2.75, 3.05) is 26.2 Å². The topological polar surface area (TPSA) is 54.5 Å². The second kappa shape index (κ2) is 9.33. The van der Waals surface area contributed by atoms with Crippen LogP contribution in [-0.2, 0) is 0 Å². The molecule has 2 aromatic carbocycles. The molecule has 0 bridgehead atoms. The number of fused-ring (bicyclic) bond motifs is 1. The minimum absolute atomic E-state index is 0.456. The molecule has 0 saturated carbocycles. The highest BCUT2D eigenvalue weighted by Gasteiger charge is 2.14. The number of aryl methyl sites for hydroxylation is 1. The second-order valence-electron chi connectivity index (χ2n) is 6.67. The van der Waals surface area contributed by atoms with Crippen molar-refractivity contribution in [3.63, 3.8) is 0 Å². The quantitative estimate of drug-likeness (QED) is 0.652. The van der Waals surface area contributed by atoms with Gasteiger partial charge in [0.05, 0.1) is 11.9 Å². The third kappa shape index (κ3) is 4.49. The number of likely N-dealkylation sites (N-methyl/N-ethyl adjacent to an activating group) is 1. The number of aromatic nitrogens is 1. The number of nitrogens with one attached hydrogen (secondary N) is 1. The lowest BCUT2D eigenvalue weighted by Gasteiger charge is -2.18. The summed E-state index contributed by atoms with van der Waals surface area (Å²) in [5, 5.41) is 4.65. The Balaban J connectivity index is 1.81. The summed E-state index contributed by atoms with van der Waals surface area (Å²) >= 11 is 0. The van der Waals surface area contributed by atoms with Gasteiger partial charge in [0.1, 0.15) is 0 Å². The van der Waals surface area contributed by atoms with Gasteiger partial charge in [0.15, 0.2) is 5.75 Å². The standard InChI is InChI=1S/C23H27N3O2/c1-4-26(5-2)15-14-24-23(27)28-21-16-25-22(18-11-7-6-10-17(18)3)20-13-9-8-12-19(20)21/h6-13,16H,4-5,14-15H2,1-3H3,(H,24,27). The van der Waals surface area contributed by atoms with Gasteiger partial charge >= 0.3 is 6.09 Å². The fraction of sp³-hybridized carbons (Fsp3) is 0.304. The monoisotopic (exact) mass is 377 g/mol. The third-order valence-electron chi connectivity index (χ3n) is 4.95.